The molecule has 0 aromatic heterocycles. The number of benzene rings is 2. The van der Waals surface area contributed by atoms with Crippen molar-refractivity contribution in [3.05, 3.63) is 54.1 Å². The van der Waals surface area contributed by atoms with Gasteiger partial charge in [0.1, 0.15) is 18.1 Å². The fraction of sp³-hybridized carbons (Fsp3) is 0.333. The van der Waals surface area contributed by atoms with Crippen molar-refractivity contribution in [3.63, 3.8) is 0 Å². The molecule has 0 fully saturated rings. The lowest BCUT2D eigenvalue weighted by molar-refractivity contribution is 0.317. The van der Waals surface area contributed by atoms with Gasteiger partial charge in [0, 0.05) is 12.2 Å². The van der Waals surface area contributed by atoms with Crippen LogP contribution in [0.15, 0.2) is 48.5 Å². The molecule has 3 nitrogen and oxygen atoms in total. The third-order valence-corrected chi connectivity index (χ3v) is 3.02. The molecule has 0 saturated heterocycles. The topological polar surface area (TPSA) is 30.5 Å². The molecule has 0 unspecified atom stereocenters. The fourth-order valence-corrected chi connectivity index (χ4v) is 1.96. The molecule has 0 amide bonds. The van der Waals surface area contributed by atoms with Crippen LogP contribution in [0.5, 0.6) is 11.5 Å². The average molecular weight is 285 g/mol. The molecule has 0 radical (unpaired) electrons. The Hall–Kier alpha value is -2.16. The molecule has 0 aliphatic rings. The van der Waals surface area contributed by atoms with Gasteiger partial charge in [-0.3, -0.25) is 0 Å². The summed E-state index contributed by atoms with van der Waals surface area (Å²) in [6.45, 7) is 6.33. The van der Waals surface area contributed by atoms with E-state index in [0.717, 1.165) is 36.8 Å². The number of rotatable bonds is 8. The Morgan fingerprint density at radius 3 is 2.38 bits per heavy atom. The molecule has 3 heteroatoms. The minimum Gasteiger partial charge on any atom is -0.494 e. The van der Waals surface area contributed by atoms with E-state index in [-0.39, 0.29) is 0 Å². The summed E-state index contributed by atoms with van der Waals surface area (Å²) in [5, 5.41) is 3.33. The fourth-order valence-electron chi connectivity index (χ4n) is 1.96. The Labute approximate surface area is 126 Å². The first-order valence-electron chi connectivity index (χ1n) is 7.44. The first kappa shape index (κ1) is 15.2. The summed E-state index contributed by atoms with van der Waals surface area (Å²) in [6, 6.07) is 16.1. The Kier molecular flexibility index (Phi) is 5.95. The third-order valence-electron chi connectivity index (χ3n) is 3.02. The molecule has 2 aromatic rings. The zero-order valence-electron chi connectivity index (χ0n) is 12.8. The maximum Gasteiger partial charge on any atom is 0.119 e. The smallest absolute Gasteiger partial charge is 0.119 e. The Morgan fingerprint density at radius 1 is 0.905 bits per heavy atom. The Morgan fingerprint density at radius 2 is 1.67 bits per heavy atom. The lowest BCUT2D eigenvalue weighted by Crippen LogP contribution is -2.11. The zero-order chi connectivity index (χ0) is 14.9. The van der Waals surface area contributed by atoms with Crippen LogP contribution in [-0.2, 0) is 0 Å². The second-order valence-corrected chi connectivity index (χ2v) is 4.96. The predicted molar refractivity (Wildman–Crippen MR) is 87.4 cm³/mol. The number of aryl methyl sites for hydroxylation is 1. The van der Waals surface area contributed by atoms with Crippen molar-refractivity contribution in [1.29, 1.82) is 0 Å². The summed E-state index contributed by atoms with van der Waals surface area (Å²) < 4.78 is 11.3. The minimum absolute atomic E-state index is 0.636. The van der Waals surface area contributed by atoms with Crippen molar-refractivity contribution in [2.24, 2.45) is 0 Å². The summed E-state index contributed by atoms with van der Waals surface area (Å²) in [5.41, 5.74) is 2.29. The van der Waals surface area contributed by atoms with Gasteiger partial charge in [0.25, 0.3) is 0 Å². The number of hydrogen-bond donors (Lipinski definition) is 1. The molecule has 0 atom stereocenters. The highest BCUT2D eigenvalue weighted by Crippen LogP contribution is 2.16. The summed E-state index contributed by atoms with van der Waals surface area (Å²) in [6.07, 6.45) is 1.02. The van der Waals surface area contributed by atoms with Crippen LogP contribution in [0.4, 0.5) is 5.69 Å². The SMILES string of the molecule is CCCOc1ccc(NCCOc2cccc(C)c2)cc1. The monoisotopic (exact) mass is 285 g/mol. The van der Waals surface area contributed by atoms with Crippen molar-refractivity contribution >= 4 is 5.69 Å². The van der Waals surface area contributed by atoms with Gasteiger partial charge in [0.05, 0.1) is 6.61 Å². The minimum atomic E-state index is 0.636. The van der Waals surface area contributed by atoms with Crippen LogP contribution in [-0.4, -0.2) is 19.8 Å². The highest BCUT2D eigenvalue weighted by Gasteiger charge is 1.96. The van der Waals surface area contributed by atoms with Crippen molar-refractivity contribution < 1.29 is 9.47 Å². The van der Waals surface area contributed by atoms with Gasteiger partial charge >= 0.3 is 0 Å². The van der Waals surface area contributed by atoms with Gasteiger partial charge in [0.2, 0.25) is 0 Å². The van der Waals surface area contributed by atoms with Gasteiger partial charge in [-0.05, 0) is 55.3 Å². The van der Waals surface area contributed by atoms with Gasteiger partial charge in [-0.2, -0.15) is 0 Å². The standard InChI is InChI=1S/C18H23NO2/c1-3-12-20-17-9-7-16(8-10-17)19-11-13-21-18-6-4-5-15(2)14-18/h4-10,14,19H,3,11-13H2,1-2H3. The maximum atomic E-state index is 5.70. The van der Waals surface area contributed by atoms with E-state index in [1.54, 1.807) is 0 Å². The van der Waals surface area contributed by atoms with Crippen LogP contribution in [0, 0.1) is 6.92 Å². The summed E-state index contributed by atoms with van der Waals surface area (Å²) in [5.74, 6) is 1.83. The number of nitrogens with one attached hydrogen (secondary N) is 1. The van der Waals surface area contributed by atoms with Crippen LogP contribution >= 0.6 is 0 Å². The van der Waals surface area contributed by atoms with E-state index in [0.29, 0.717) is 6.61 Å². The molecule has 1 N–H and O–H groups in total. The highest BCUT2D eigenvalue weighted by molar-refractivity contribution is 5.46. The van der Waals surface area contributed by atoms with Crippen LogP contribution in [0.2, 0.25) is 0 Å². The molecule has 2 rings (SSSR count). The lowest BCUT2D eigenvalue weighted by atomic mass is 10.2. The van der Waals surface area contributed by atoms with Gasteiger partial charge in [0.15, 0.2) is 0 Å². The molecule has 2 aromatic carbocycles. The normalized spacial score (nSPS) is 10.2. The van der Waals surface area contributed by atoms with Crippen LogP contribution in [0.3, 0.4) is 0 Å². The van der Waals surface area contributed by atoms with Crippen molar-refractivity contribution in [2.45, 2.75) is 20.3 Å². The molecule has 0 bridgehead atoms. The molecule has 112 valence electrons. The zero-order valence-corrected chi connectivity index (χ0v) is 12.8. The molecular weight excluding hydrogens is 262 g/mol. The van der Waals surface area contributed by atoms with Crippen LogP contribution < -0.4 is 14.8 Å². The van der Waals surface area contributed by atoms with Gasteiger partial charge in [-0.15, -0.1) is 0 Å². The molecule has 0 saturated carbocycles. The van der Waals surface area contributed by atoms with Crippen molar-refractivity contribution in [2.75, 3.05) is 25.1 Å². The van der Waals surface area contributed by atoms with Gasteiger partial charge in [-0.25, -0.2) is 0 Å². The second kappa shape index (κ2) is 8.20. The van der Waals surface area contributed by atoms with E-state index in [4.69, 9.17) is 9.47 Å². The van der Waals surface area contributed by atoms with E-state index in [2.05, 4.69) is 25.2 Å². The molecule has 0 heterocycles. The van der Waals surface area contributed by atoms with E-state index < -0.39 is 0 Å². The highest BCUT2D eigenvalue weighted by atomic mass is 16.5. The molecule has 0 aliphatic heterocycles. The molecular formula is C18H23NO2. The number of ether oxygens (including phenoxy) is 2. The van der Waals surface area contributed by atoms with Crippen molar-refractivity contribution in [3.8, 4) is 11.5 Å². The van der Waals surface area contributed by atoms with Crippen LogP contribution in [0.1, 0.15) is 18.9 Å². The largest absolute Gasteiger partial charge is 0.494 e. The molecule has 0 spiro atoms. The summed E-state index contributed by atoms with van der Waals surface area (Å²) in [7, 11) is 0. The van der Waals surface area contributed by atoms with Gasteiger partial charge < -0.3 is 14.8 Å². The number of hydrogen-bond acceptors (Lipinski definition) is 3. The summed E-state index contributed by atoms with van der Waals surface area (Å²) >= 11 is 0. The first-order chi connectivity index (χ1) is 10.3. The summed E-state index contributed by atoms with van der Waals surface area (Å²) in [4.78, 5) is 0. The first-order valence-corrected chi connectivity index (χ1v) is 7.44. The van der Waals surface area contributed by atoms with E-state index in [9.17, 15) is 0 Å². The predicted octanol–water partition coefficient (Wildman–Crippen LogP) is 4.27. The van der Waals surface area contributed by atoms with Gasteiger partial charge in [-0.1, -0.05) is 19.1 Å². The van der Waals surface area contributed by atoms with E-state index in [1.165, 1.54) is 5.56 Å². The quantitative estimate of drug-likeness (QED) is 0.735. The van der Waals surface area contributed by atoms with Crippen molar-refractivity contribution in [1.82, 2.24) is 0 Å². The second-order valence-electron chi connectivity index (χ2n) is 4.96. The molecule has 21 heavy (non-hydrogen) atoms. The van der Waals surface area contributed by atoms with E-state index in [1.807, 2.05) is 42.5 Å². The maximum absolute atomic E-state index is 5.70. The number of anilines is 1. The lowest BCUT2D eigenvalue weighted by Gasteiger charge is -2.10. The Bertz CT molecular complexity index is 537. The van der Waals surface area contributed by atoms with E-state index >= 15 is 0 Å². The molecule has 0 aliphatic carbocycles. The average Bonchev–Trinajstić information content (AvgIpc) is 2.51. The Balaban J connectivity index is 1.71. The van der Waals surface area contributed by atoms with Crippen LogP contribution in [0.25, 0.3) is 0 Å². The third kappa shape index (κ3) is 5.38.